The van der Waals surface area contributed by atoms with Crippen LogP contribution in [0.4, 0.5) is 16.2 Å². The Balaban J connectivity index is 1.37. The molecule has 4 atom stereocenters. The molecule has 7 amide bonds. The fourth-order valence-corrected chi connectivity index (χ4v) is 6.53. The molecular formula is C44H48N8O8. The Kier molecular flexibility index (Phi) is 14.7. The fraction of sp³-hybridized carbons (Fsp3) is 0.250. The molecule has 16 heteroatoms. The van der Waals surface area contributed by atoms with Crippen LogP contribution < -0.4 is 37.6 Å². The van der Waals surface area contributed by atoms with Gasteiger partial charge in [-0.05, 0) is 60.4 Å². The van der Waals surface area contributed by atoms with Gasteiger partial charge in [0, 0.05) is 54.7 Å². The van der Waals surface area contributed by atoms with Crippen LogP contribution in [0.15, 0.2) is 103 Å². The third kappa shape index (κ3) is 12.5. The van der Waals surface area contributed by atoms with E-state index < -0.39 is 72.1 Å². The Morgan fingerprint density at radius 3 is 1.82 bits per heavy atom. The number of aromatic nitrogens is 1. The number of nitrogens with two attached hydrogens (primary N) is 1. The molecule has 60 heavy (non-hydrogen) atoms. The Hall–Kier alpha value is -7.49. The monoisotopic (exact) mass is 816 g/mol. The van der Waals surface area contributed by atoms with Crippen molar-refractivity contribution in [1.29, 1.82) is 0 Å². The van der Waals surface area contributed by atoms with Crippen molar-refractivity contribution in [3.63, 3.8) is 0 Å². The van der Waals surface area contributed by atoms with Crippen LogP contribution in [0, 0.1) is 13.8 Å². The molecule has 4 aromatic carbocycles. The molecule has 5 aromatic rings. The zero-order valence-electron chi connectivity index (χ0n) is 33.3. The molecule has 0 saturated carbocycles. The molecule has 0 aliphatic rings. The standard InChI is InChI=1S/C44H48N8O8/c1-25-12-14-28(15-13-25)20-35(40(45)56)49-43(59)38(23-39(54)55)51-41(57)36(21-29-16-18-31(19-17-29)48-44(60)52-33-10-6-4-8-26(33)2)50-42(58)37(47-27(3)53)22-30-24-46-34-11-7-5-9-32(30)34/h4-19,24,35-38,46H,20-23H2,1-3H3,(H2,45,56)(H,47,53)(H,49,59)(H,50,58)(H,51,57)(H,54,55)(H2,48,52,60)/t35-,36?,37+,38+/m1/s1. The lowest BCUT2D eigenvalue weighted by molar-refractivity contribution is -0.141. The molecule has 0 fully saturated rings. The van der Waals surface area contributed by atoms with Crippen molar-refractivity contribution < 1.29 is 38.7 Å². The number of carbonyl (C=O) groups is 7. The number of H-pyrrole nitrogens is 1. The maximum absolute atomic E-state index is 14.1. The quantitative estimate of drug-likeness (QED) is 0.0633. The van der Waals surface area contributed by atoms with Crippen LogP contribution >= 0.6 is 0 Å². The molecule has 16 nitrogen and oxygen atoms in total. The number of para-hydroxylation sites is 2. The number of amides is 7. The number of fused-ring (bicyclic) bond motifs is 1. The summed E-state index contributed by atoms with van der Waals surface area (Å²) in [4.78, 5) is 94.3. The summed E-state index contributed by atoms with van der Waals surface area (Å²) < 4.78 is 0. The van der Waals surface area contributed by atoms with E-state index in [0.29, 0.717) is 22.5 Å². The largest absolute Gasteiger partial charge is 0.481 e. The molecule has 0 bridgehead atoms. The number of anilines is 2. The van der Waals surface area contributed by atoms with Crippen molar-refractivity contribution in [2.24, 2.45) is 5.73 Å². The summed E-state index contributed by atoms with van der Waals surface area (Å²) in [6, 6.07) is 22.3. The number of aromatic amines is 1. The van der Waals surface area contributed by atoms with Crippen LogP contribution in [0.25, 0.3) is 10.9 Å². The summed E-state index contributed by atoms with van der Waals surface area (Å²) in [7, 11) is 0. The lowest BCUT2D eigenvalue weighted by Gasteiger charge is -2.26. The van der Waals surface area contributed by atoms with Crippen LogP contribution in [-0.2, 0) is 48.0 Å². The first-order valence-corrected chi connectivity index (χ1v) is 19.2. The van der Waals surface area contributed by atoms with Crippen molar-refractivity contribution in [2.75, 3.05) is 10.6 Å². The smallest absolute Gasteiger partial charge is 0.323 e. The van der Waals surface area contributed by atoms with Gasteiger partial charge in [-0.3, -0.25) is 28.8 Å². The van der Waals surface area contributed by atoms with Gasteiger partial charge < -0.3 is 47.7 Å². The van der Waals surface area contributed by atoms with E-state index >= 15 is 0 Å². The molecule has 1 aromatic heterocycles. The summed E-state index contributed by atoms with van der Waals surface area (Å²) >= 11 is 0. The summed E-state index contributed by atoms with van der Waals surface area (Å²) in [5.41, 5.74) is 11.2. The van der Waals surface area contributed by atoms with Crippen molar-refractivity contribution in [3.8, 4) is 0 Å². The zero-order chi connectivity index (χ0) is 43.3. The fourth-order valence-electron chi connectivity index (χ4n) is 6.53. The van der Waals surface area contributed by atoms with Crippen LogP contribution in [-0.4, -0.2) is 75.8 Å². The van der Waals surface area contributed by atoms with Gasteiger partial charge in [0.1, 0.15) is 24.2 Å². The molecule has 0 spiro atoms. The van der Waals surface area contributed by atoms with E-state index in [1.807, 2.05) is 62.4 Å². The van der Waals surface area contributed by atoms with Crippen LogP contribution in [0.3, 0.4) is 0 Å². The highest BCUT2D eigenvalue weighted by atomic mass is 16.4. The Labute approximate surface area is 346 Å². The van der Waals surface area contributed by atoms with Gasteiger partial charge in [0.15, 0.2) is 0 Å². The van der Waals surface area contributed by atoms with Gasteiger partial charge in [-0.15, -0.1) is 0 Å². The van der Waals surface area contributed by atoms with Gasteiger partial charge in [-0.25, -0.2) is 4.79 Å². The first-order valence-electron chi connectivity index (χ1n) is 19.2. The van der Waals surface area contributed by atoms with E-state index in [0.717, 1.165) is 27.6 Å². The van der Waals surface area contributed by atoms with E-state index in [9.17, 15) is 38.7 Å². The topological polar surface area (TPSA) is 254 Å². The predicted octanol–water partition coefficient (Wildman–Crippen LogP) is 3.38. The lowest BCUT2D eigenvalue weighted by Crippen LogP contribution is -2.59. The SMILES string of the molecule is CC(=O)N[C@@H](Cc1c[nH]c2ccccc12)C(=O)NC(Cc1ccc(NC(=O)Nc2ccccc2C)cc1)C(=O)N[C@@H](CC(=O)O)C(=O)N[C@H](Cc1ccc(C)cc1)C(N)=O. The third-order valence-electron chi connectivity index (χ3n) is 9.70. The molecule has 1 heterocycles. The number of carbonyl (C=O) groups excluding carboxylic acids is 6. The van der Waals surface area contributed by atoms with Crippen LogP contribution in [0.5, 0.6) is 0 Å². The summed E-state index contributed by atoms with van der Waals surface area (Å²) in [6.07, 6.45) is 0.753. The van der Waals surface area contributed by atoms with Crippen LogP contribution in [0.2, 0.25) is 0 Å². The highest BCUT2D eigenvalue weighted by Gasteiger charge is 2.32. The van der Waals surface area contributed by atoms with E-state index in [1.54, 1.807) is 54.7 Å². The molecule has 0 aliphatic carbocycles. The molecule has 0 aliphatic heterocycles. The number of aliphatic carboxylic acids is 1. The van der Waals surface area contributed by atoms with Crippen molar-refractivity contribution >= 4 is 63.8 Å². The first-order chi connectivity index (χ1) is 28.6. The summed E-state index contributed by atoms with van der Waals surface area (Å²) in [6.45, 7) is 5.00. The van der Waals surface area contributed by atoms with Crippen molar-refractivity contribution in [2.45, 2.75) is 70.6 Å². The predicted molar refractivity (Wildman–Crippen MR) is 226 cm³/mol. The first kappa shape index (κ1) is 43.6. The zero-order valence-corrected chi connectivity index (χ0v) is 33.3. The van der Waals surface area contributed by atoms with Gasteiger partial charge >= 0.3 is 12.0 Å². The minimum absolute atomic E-state index is 0.00709. The van der Waals surface area contributed by atoms with Crippen molar-refractivity contribution in [1.82, 2.24) is 26.3 Å². The second-order valence-electron chi connectivity index (χ2n) is 14.5. The van der Waals surface area contributed by atoms with E-state index in [1.165, 1.54) is 6.92 Å². The van der Waals surface area contributed by atoms with Crippen LogP contribution in [0.1, 0.15) is 41.2 Å². The number of rotatable bonds is 18. The number of hydrogen-bond donors (Lipinski definition) is 9. The number of nitrogens with one attached hydrogen (secondary N) is 7. The third-order valence-corrected chi connectivity index (χ3v) is 9.70. The summed E-state index contributed by atoms with van der Waals surface area (Å²) in [5.74, 6) is -5.44. The molecule has 5 rings (SSSR count). The molecule has 0 saturated heterocycles. The highest BCUT2D eigenvalue weighted by molar-refractivity contribution is 6.00. The highest BCUT2D eigenvalue weighted by Crippen LogP contribution is 2.20. The van der Waals surface area contributed by atoms with Gasteiger partial charge in [0.2, 0.25) is 29.5 Å². The minimum Gasteiger partial charge on any atom is -0.481 e. The Morgan fingerprint density at radius 1 is 0.633 bits per heavy atom. The summed E-state index contributed by atoms with van der Waals surface area (Å²) in [5, 5.41) is 26.4. The maximum atomic E-state index is 14.1. The molecular weight excluding hydrogens is 769 g/mol. The maximum Gasteiger partial charge on any atom is 0.323 e. The number of carboxylic acid groups (broad SMARTS) is 1. The lowest BCUT2D eigenvalue weighted by atomic mass is 10.0. The number of urea groups is 1. The molecule has 312 valence electrons. The minimum atomic E-state index is -1.69. The van der Waals surface area contributed by atoms with Gasteiger partial charge in [0.05, 0.1) is 6.42 Å². The second-order valence-corrected chi connectivity index (χ2v) is 14.5. The molecule has 0 radical (unpaired) electrons. The Bertz CT molecular complexity index is 2360. The molecule has 1 unspecified atom stereocenters. The van der Waals surface area contributed by atoms with E-state index in [2.05, 4.69) is 36.9 Å². The number of aryl methyl sites for hydroxylation is 2. The normalized spacial score (nSPS) is 12.8. The number of primary amides is 1. The van der Waals surface area contributed by atoms with Gasteiger partial charge in [0.25, 0.3) is 0 Å². The number of hydrogen-bond acceptors (Lipinski definition) is 7. The average Bonchev–Trinajstić information content (AvgIpc) is 3.61. The van der Waals surface area contributed by atoms with Crippen molar-refractivity contribution in [3.05, 3.63) is 131 Å². The van der Waals surface area contributed by atoms with E-state index in [-0.39, 0.29) is 19.3 Å². The van der Waals surface area contributed by atoms with E-state index in [4.69, 9.17) is 5.73 Å². The van der Waals surface area contributed by atoms with Gasteiger partial charge in [-0.2, -0.15) is 0 Å². The second kappa shape index (κ2) is 20.3. The van der Waals surface area contributed by atoms with Gasteiger partial charge in [-0.1, -0.05) is 78.4 Å². The number of carboxylic acids is 1. The Morgan fingerprint density at radius 2 is 1.18 bits per heavy atom. The molecule has 10 N–H and O–H groups in total. The average molecular weight is 817 g/mol. The number of benzene rings is 4.